The summed E-state index contributed by atoms with van der Waals surface area (Å²) in [6.07, 6.45) is -5.86. The number of benzene rings is 1. The smallest absolute Gasteiger partial charge is 0.311 e. The number of ether oxygens (including phenoxy) is 7. The number of carbonyl (C=O) groups excluding carboxylic acids is 1. The lowest BCUT2D eigenvalue weighted by Crippen LogP contribution is -2.63. The number of hydrogen-bond acceptors (Lipinski definition) is 15. The number of hydrogen-bond donors (Lipinski definition) is 2. The molecule has 3 saturated heterocycles. The first-order chi connectivity index (χ1) is 31.4. The molecule has 4 rings (SSSR count). The van der Waals surface area contributed by atoms with Crippen molar-refractivity contribution < 1.29 is 61.9 Å². The number of methoxy groups -OCH3 is 2. The standard InChI is InChI=1S/C51H92N2O13Si2/c1-21-39-51(10,56)44(54)33(4)41(52-59-30-37-25-23-22-24-26-37)31(2)28-49(8,57-13)45(64-48-43(65-67(15,16)17)38(53(11)12)27-32(3)60-48)34(5)42(35(6)47(55)62-39)63-40-29-50(9,58-14)46(36(7)61-40)66-68(18,19)20/h22-26,31-36,38-40,42-46,48,54,56H,21,27-30H2,1-20H3/b52-41+/t31-,32-,33+,34+,35-,36+,38+,39-,40+,42+,43-,44-,45-,46+,48+,49-,50-,51-/m1/s1. The maximum Gasteiger partial charge on any atom is 0.311 e. The van der Waals surface area contributed by atoms with Gasteiger partial charge in [0.05, 0.1) is 59.5 Å². The number of esters is 1. The number of aliphatic hydroxyl groups excluding tert-OH is 1. The Hall–Kier alpha value is -1.85. The van der Waals surface area contributed by atoms with E-state index in [2.05, 4.69) is 58.3 Å². The largest absolute Gasteiger partial charge is 0.459 e. The average molecular weight is 997 g/mol. The van der Waals surface area contributed by atoms with Crippen molar-refractivity contribution in [1.29, 1.82) is 0 Å². The summed E-state index contributed by atoms with van der Waals surface area (Å²) < 4.78 is 61.1. The van der Waals surface area contributed by atoms with Crippen LogP contribution >= 0.6 is 0 Å². The van der Waals surface area contributed by atoms with E-state index in [1.54, 1.807) is 21.1 Å². The van der Waals surface area contributed by atoms with E-state index in [0.29, 0.717) is 18.6 Å². The summed E-state index contributed by atoms with van der Waals surface area (Å²) in [7, 11) is 3.19. The van der Waals surface area contributed by atoms with Crippen LogP contribution in [0.25, 0.3) is 0 Å². The van der Waals surface area contributed by atoms with Gasteiger partial charge in [0.15, 0.2) is 29.2 Å². The molecular weight excluding hydrogens is 905 g/mol. The molecule has 0 radical (unpaired) electrons. The van der Waals surface area contributed by atoms with Gasteiger partial charge in [0.1, 0.15) is 24.4 Å². The second-order valence-electron chi connectivity index (χ2n) is 22.9. The minimum atomic E-state index is -2.19. The Kier molecular flexibility index (Phi) is 20.5. The summed E-state index contributed by atoms with van der Waals surface area (Å²) in [4.78, 5) is 23.1. The van der Waals surface area contributed by atoms with Gasteiger partial charge in [-0.05, 0) is 120 Å². The summed E-state index contributed by atoms with van der Waals surface area (Å²) in [5.74, 6) is -3.36. The number of rotatable bonds is 15. The zero-order chi connectivity index (χ0) is 51.3. The fraction of sp³-hybridized carbons (Fsp3) is 0.843. The maximum atomic E-state index is 14.8. The highest BCUT2D eigenvalue weighted by molar-refractivity contribution is 6.70. The number of nitrogens with zero attached hydrogens (tertiary/aromatic N) is 2. The first-order valence-electron chi connectivity index (χ1n) is 25.0. The minimum Gasteiger partial charge on any atom is -0.459 e. The Morgan fingerprint density at radius 2 is 1.40 bits per heavy atom. The lowest BCUT2D eigenvalue weighted by molar-refractivity contribution is -0.316. The van der Waals surface area contributed by atoms with Crippen LogP contribution in [0.4, 0.5) is 0 Å². The molecule has 0 aromatic heterocycles. The third-order valence-corrected chi connectivity index (χ3v) is 16.4. The van der Waals surface area contributed by atoms with Gasteiger partial charge in [-0.25, -0.2) is 0 Å². The van der Waals surface area contributed by atoms with E-state index >= 15 is 0 Å². The SMILES string of the molecule is CC[C@H]1OC(=O)[C@H](C)[C@@H](O[C@H]2C[C@@](C)(OC)[C@@H](O[Si](C)(C)C)[C@H](C)O2)[C@H](C)[C@@H](O[C@@H]2O[C@H](C)C[C@H](N(C)C)[C@H]2O[Si](C)(C)C)[C@](C)(OC)C[C@@H](C)/C(=N\OCc2ccccc2)[C@H](C)[C@@H](O)[C@]1(C)O. The third-order valence-electron chi connectivity index (χ3n) is 14.5. The van der Waals surface area contributed by atoms with E-state index in [4.69, 9.17) is 52.0 Å². The van der Waals surface area contributed by atoms with Crippen molar-refractivity contribution in [2.75, 3.05) is 28.3 Å². The Morgan fingerprint density at radius 1 is 0.809 bits per heavy atom. The Bertz CT molecular complexity index is 1760. The van der Waals surface area contributed by atoms with Crippen molar-refractivity contribution in [1.82, 2.24) is 4.90 Å². The van der Waals surface area contributed by atoms with Crippen molar-refractivity contribution >= 4 is 28.3 Å². The summed E-state index contributed by atoms with van der Waals surface area (Å²) in [5, 5.41) is 29.2. The molecule has 0 spiro atoms. The van der Waals surface area contributed by atoms with Crippen molar-refractivity contribution in [3.8, 4) is 0 Å². The van der Waals surface area contributed by atoms with Crippen LogP contribution in [0.5, 0.6) is 0 Å². The van der Waals surface area contributed by atoms with Crippen LogP contribution < -0.4 is 0 Å². The fourth-order valence-electron chi connectivity index (χ4n) is 10.6. The molecule has 3 aliphatic heterocycles. The minimum absolute atomic E-state index is 0.0326. The second kappa shape index (κ2) is 23.8. The Labute approximate surface area is 411 Å². The lowest BCUT2D eigenvalue weighted by Gasteiger charge is -2.51. The summed E-state index contributed by atoms with van der Waals surface area (Å²) in [6, 6.07) is 9.67. The summed E-state index contributed by atoms with van der Waals surface area (Å²) in [6.45, 7) is 32.0. The highest BCUT2D eigenvalue weighted by Gasteiger charge is 2.55. The van der Waals surface area contributed by atoms with Gasteiger partial charge in [-0.3, -0.25) is 4.79 Å². The first kappa shape index (κ1) is 58.7. The van der Waals surface area contributed by atoms with Crippen LogP contribution in [0.15, 0.2) is 35.5 Å². The number of carbonyl (C=O) groups is 1. The maximum absolute atomic E-state index is 14.8. The molecular formula is C51H92N2O13Si2. The highest BCUT2D eigenvalue weighted by atomic mass is 28.4. The van der Waals surface area contributed by atoms with Gasteiger partial charge in [0.2, 0.25) is 0 Å². The molecule has 0 amide bonds. The molecule has 18 atom stereocenters. The van der Waals surface area contributed by atoms with Crippen LogP contribution in [0, 0.1) is 23.7 Å². The van der Waals surface area contributed by atoms with Gasteiger partial charge in [-0.1, -0.05) is 63.2 Å². The third kappa shape index (κ3) is 14.7. The second-order valence-corrected chi connectivity index (χ2v) is 31.8. The van der Waals surface area contributed by atoms with Crippen LogP contribution in [0.2, 0.25) is 39.3 Å². The van der Waals surface area contributed by atoms with E-state index in [1.807, 2.05) is 85.7 Å². The Morgan fingerprint density at radius 3 is 1.94 bits per heavy atom. The monoisotopic (exact) mass is 997 g/mol. The van der Waals surface area contributed by atoms with Crippen molar-refractivity contribution in [2.24, 2.45) is 28.8 Å². The van der Waals surface area contributed by atoms with Crippen molar-refractivity contribution in [3.05, 3.63) is 35.9 Å². The molecule has 3 heterocycles. The first-order valence-corrected chi connectivity index (χ1v) is 31.8. The fourth-order valence-corrected chi connectivity index (χ4v) is 12.9. The molecule has 1 aromatic rings. The van der Waals surface area contributed by atoms with Crippen LogP contribution in [-0.4, -0.2) is 156 Å². The van der Waals surface area contributed by atoms with E-state index in [-0.39, 0.29) is 31.3 Å². The number of likely N-dealkylation sites (N-methyl/N-ethyl adjacent to an activating group) is 1. The van der Waals surface area contributed by atoms with Gasteiger partial charge < -0.3 is 62.0 Å². The Balaban J connectivity index is 1.96. The molecule has 68 heavy (non-hydrogen) atoms. The predicted octanol–water partition coefficient (Wildman–Crippen LogP) is 8.16. The van der Waals surface area contributed by atoms with E-state index < -0.39 is 112 Å². The molecule has 0 saturated carbocycles. The molecule has 15 nitrogen and oxygen atoms in total. The van der Waals surface area contributed by atoms with Crippen molar-refractivity contribution in [3.63, 3.8) is 0 Å². The molecule has 17 heteroatoms. The van der Waals surface area contributed by atoms with E-state index in [1.165, 1.54) is 6.92 Å². The average Bonchev–Trinajstić information content (AvgIpc) is 3.25. The highest BCUT2D eigenvalue weighted by Crippen LogP contribution is 2.43. The molecule has 392 valence electrons. The van der Waals surface area contributed by atoms with E-state index in [0.717, 1.165) is 12.0 Å². The number of aliphatic hydroxyl groups is 2. The van der Waals surface area contributed by atoms with Crippen LogP contribution in [0.3, 0.4) is 0 Å². The molecule has 0 bridgehead atoms. The number of oxime groups is 1. The van der Waals surface area contributed by atoms with Crippen LogP contribution in [-0.2, 0) is 58.2 Å². The van der Waals surface area contributed by atoms with Crippen LogP contribution in [0.1, 0.15) is 100 Å². The summed E-state index contributed by atoms with van der Waals surface area (Å²) >= 11 is 0. The molecule has 3 aliphatic rings. The molecule has 1 aromatic carbocycles. The zero-order valence-corrected chi connectivity index (χ0v) is 47.4. The van der Waals surface area contributed by atoms with Gasteiger partial charge in [0.25, 0.3) is 0 Å². The number of cyclic esters (lactones) is 1. The summed E-state index contributed by atoms with van der Waals surface area (Å²) in [5.41, 5.74) is -2.43. The van der Waals surface area contributed by atoms with Gasteiger partial charge in [-0.2, -0.15) is 0 Å². The molecule has 3 fully saturated rings. The van der Waals surface area contributed by atoms with Gasteiger partial charge >= 0.3 is 5.97 Å². The predicted molar refractivity (Wildman–Crippen MR) is 269 cm³/mol. The quantitative estimate of drug-likeness (QED) is 0.0982. The topological polar surface area (TPSA) is 165 Å². The van der Waals surface area contributed by atoms with E-state index in [9.17, 15) is 15.0 Å². The zero-order valence-electron chi connectivity index (χ0n) is 45.4. The van der Waals surface area contributed by atoms with Gasteiger partial charge in [-0.15, -0.1) is 0 Å². The normalized spacial score (nSPS) is 41.3. The molecule has 0 unspecified atom stereocenters. The molecule has 0 aliphatic carbocycles. The van der Waals surface area contributed by atoms with Gasteiger partial charge in [0, 0.05) is 44.4 Å². The van der Waals surface area contributed by atoms with Crippen molar-refractivity contribution in [2.45, 2.75) is 225 Å². The molecule has 2 N–H and O–H groups in total. The lowest BCUT2D eigenvalue weighted by atomic mass is 9.73.